The Balaban J connectivity index is 1.66. The first-order valence-corrected chi connectivity index (χ1v) is 12.3. The molecule has 2 aromatic rings. The second-order valence-electron chi connectivity index (χ2n) is 8.27. The Bertz CT molecular complexity index is 1040. The summed E-state index contributed by atoms with van der Waals surface area (Å²) in [6, 6.07) is 13.2. The molecule has 0 atom stereocenters. The van der Waals surface area contributed by atoms with Gasteiger partial charge in [0, 0.05) is 44.9 Å². The molecule has 0 saturated heterocycles. The molecule has 0 aliphatic heterocycles. The van der Waals surface area contributed by atoms with Crippen LogP contribution in [0.15, 0.2) is 53.4 Å². The van der Waals surface area contributed by atoms with Crippen LogP contribution in [0.5, 0.6) is 0 Å². The molecular weight excluding hydrogens is 426 g/mol. The van der Waals surface area contributed by atoms with Crippen molar-refractivity contribution in [3.63, 3.8) is 0 Å². The van der Waals surface area contributed by atoms with Gasteiger partial charge in [0.25, 0.3) is 11.8 Å². The topological polar surface area (TPSA) is 86.8 Å². The first kappa shape index (κ1) is 23.9. The fourth-order valence-corrected chi connectivity index (χ4v) is 5.46. The van der Waals surface area contributed by atoms with Crippen LogP contribution in [0.1, 0.15) is 58.4 Å². The van der Waals surface area contributed by atoms with Crippen molar-refractivity contribution in [2.45, 2.75) is 49.6 Å². The molecule has 3 rings (SSSR count). The highest BCUT2D eigenvalue weighted by Gasteiger charge is 2.29. The zero-order valence-corrected chi connectivity index (χ0v) is 19.7. The third-order valence-corrected chi connectivity index (χ3v) is 8.00. The number of nitrogens with zero attached hydrogens (tertiary/aromatic N) is 2. The summed E-state index contributed by atoms with van der Waals surface area (Å²) in [6.07, 6.45) is 5.05. The monoisotopic (exact) mass is 457 g/mol. The van der Waals surface area contributed by atoms with Crippen molar-refractivity contribution in [1.82, 2.24) is 14.5 Å². The van der Waals surface area contributed by atoms with Crippen LogP contribution in [-0.2, 0) is 16.6 Å². The number of sulfonamides is 1. The number of carbonyl (C=O) groups excluding carboxylic acids is 2. The van der Waals surface area contributed by atoms with Gasteiger partial charge in [-0.25, -0.2) is 8.42 Å². The van der Waals surface area contributed by atoms with Crippen molar-refractivity contribution in [2.24, 2.45) is 0 Å². The molecule has 1 N–H and O–H groups in total. The van der Waals surface area contributed by atoms with Crippen LogP contribution in [-0.4, -0.2) is 56.6 Å². The number of carbonyl (C=O) groups is 2. The fraction of sp³-hybridized carbons (Fsp3) is 0.417. The van der Waals surface area contributed by atoms with Crippen molar-refractivity contribution < 1.29 is 18.0 Å². The van der Waals surface area contributed by atoms with Crippen LogP contribution in [0.25, 0.3) is 0 Å². The Morgan fingerprint density at radius 2 is 1.47 bits per heavy atom. The van der Waals surface area contributed by atoms with E-state index in [4.69, 9.17) is 0 Å². The lowest BCUT2D eigenvalue weighted by molar-refractivity contribution is 0.0784. The largest absolute Gasteiger partial charge is 0.355 e. The summed E-state index contributed by atoms with van der Waals surface area (Å²) < 4.78 is 27.5. The van der Waals surface area contributed by atoms with Crippen LogP contribution in [0.2, 0.25) is 0 Å². The van der Waals surface area contributed by atoms with Crippen molar-refractivity contribution in [3.05, 3.63) is 65.2 Å². The predicted molar refractivity (Wildman–Crippen MR) is 124 cm³/mol. The number of nitrogens with one attached hydrogen (secondary N) is 1. The lowest BCUT2D eigenvalue weighted by Gasteiger charge is -2.30. The van der Waals surface area contributed by atoms with Gasteiger partial charge in [-0.05, 0) is 54.8 Å². The average Bonchev–Trinajstić information content (AvgIpc) is 2.83. The Morgan fingerprint density at radius 1 is 0.906 bits per heavy atom. The molecule has 8 heteroatoms. The molecule has 0 aromatic heterocycles. The van der Waals surface area contributed by atoms with Gasteiger partial charge in [-0.2, -0.15) is 4.31 Å². The molecule has 0 radical (unpaired) electrons. The van der Waals surface area contributed by atoms with Crippen LogP contribution >= 0.6 is 0 Å². The molecular formula is C24H31N3O4S. The number of rotatable bonds is 7. The van der Waals surface area contributed by atoms with E-state index in [2.05, 4.69) is 5.32 Å². The lowest BCUT2D eigenvalue weighted by Crippen LogP contribution is -2.38. The van der Waals surface area contributed by atoms with E-state index in [0.717, 1.165) is 37.7 Å². The molecule has 1 fully saturated rings. The molecule has 0 unspecified atom stereocenters. The summed E-state index contributed by atoms with van der Waals surface area (Å²) in [5.41, 5.74) is 1.87. The van der Waals surface area contributed by atoms with Gasteiger partial charge in [-0.15, -0.1) is 0 Å². The lowest BCUT2D eigenvalue weighted by atomic mass is 9.96. The van der Waals surface area contributed by atoms with E-state index in [1.54, 1.807) is 50.3 Å². The van der Waals surface area contributed by atoms with E-state index < -0.39 is 10.0 Å². The molecule has 1 aliphatic carbocycles. The van der Waals surface area contributed by atoms with E-state index in [9.17, 15) is 18.0 Å². The molecule has 172 valence electrons. The summed E-state index contributed by atoms with van der Waals surface area (Å²) in [6.45, 7) is 0.372. The smallest absolute Gasteiger partial charge is 0.253 e. The molecule has 2 aromatic carbocycles. The van der Waals surface area contributed by atoms with Gasteiger partial charge in [0.2, 0.25) is 10.0 Å². The maximum Gasteiger partial charge on any atom is 0.253 e. The minimum atomic E-state index is -3.59. The number of benzene rings is 2. The van der Waals surface area contributed by atoms with Gasteiger partial charge in [0.1, 0.15) is 0 Å². The highest BCUT2D eigenvalue weighted by atomic mass is 32.2. The average molecular weight is 458 g/mol. The van der Waals surface area contributed by atoms with Gasteiger partial charge >= 0.3 is 0 Å². The molecule has 32 heavy (non-hydrogen) atoms. The normalized spacial score (nSPS) is 14.9. The third-order valence-electron chi connectivity index (χ3n) is 6.08. The Labute approximate surface area is 190 Å². The zero-order valence-electron chi connectivity index (χ0n) is 18.9. The van der Waals surface area contributed by atoms with Gasteiger partial charge in [-0.1, -0.05) is 31.4 Å². The van der Waals surface area contributed by atoms with Gasteiger partial charge in [0.15, 0.2) is 0 Å². The van der Waals surface area contributed by atoms with Crippen molar-refractivity contribution in [1.29, 1.82) is 0 Å². The number of hydrogen-bond acceptors (Lipinski definition) is 4. The second-order valence-corrected chi connectivity index (χ2v) is 10.3. The summed E-state index contributed by atoms with van der Waals surface area (Å²) in [7, 11) is 1.33. The fourth-order valence-electron chi connectivity index (χ4n) is 4.05. The highest BCUT2D eigenvalue weighted by molar-refractivity contribution is 7.89. The minimum Gasteiger partial charge on any atom is -0.355 e. The quantitative estimate of drug-likeness (QED) is 0.691. The third kappa shape index (κ3) is 5.37. The Hall–Kier alpha value is -2.71. The van der Waals surface area contributed by atoms with Crippen LogP contribution < -0.4 is 5.32 Å². The van der Waals surface area contributed by atoms with Crippen molar-refractivity contribution in [2.75, 3.05) is 21.1 Å². The number of hydrogen-bond donors (Lipinski definition) is 1. The molecule has 0 bridgehead atoms. The summed E-state index contributed by atoms with van der Waals surface area (Å²) in [4.78, 5) is 26.2. The van der Waals surface area contributed by atoms with Crippen LogP contribution in [0.4, 0.5) is 0 Å². The zero-order chi connectivity index (χ0) is 23.3. The van der Waals surface area contributed by atoms with Crippen molar-refractivity contribution in [3.8, 4) is 0 Å². The predicted octanol–water partition coefficient (Wildman–Crippen LogP) is 3.27. The summed E-state index contributed by atoms with van der Waals surface area (Å²) in [5, 5.41) is 2.57. The van der Waals surface area contributed by atoms with E-state index >= 15 is 0 Å². The summed E-state index contributed by atoms with van der Waals surface area (Å²) >= 11 is 0. The molecule has 1 saturated carbocycles. The molecule has 0 heterocycles. The van der Waals surface area contributed by atoms with Gasteiger partial charge < -0.3 is 10.2 Å². The van der Waals surface area contributed by atoms with Gasteiger partial charge in [0.05, 0.1) is 4.90 Å². The summed E-state index contributed by atoms with van der Waals surface area (Å²) in [5.74, 6) is -0.366. The van der Waals surface area contributed by atoms with E-state index in [1.807, 2.05) is 12.1 Å². The SMILES string of the molecule is CNC(=O)c1ccc(CN(C)C(=O)c2ccc(S(=O)(=O)N(C)C3CCCCC3)cc2)cc1. The second kappa shape index (κ2) is 10.3. The van der Waals surface area contributed by atoms with E-state index in [1.165, 1.54) is 16.4 Å². The standard InChI is InChI=1S/C24H31N3O4S/c1-25-23(28)19-11-9-18(10-12-19)17-26(2)24(29)20-13-15-22(16-14-20)32(30,31)27(3)21-7-5-4-6-8-21/h9-16,21H,4-8,17H2,1-3H3,(H,25,28). The maximum absolute atomic E-state index is 13.0. The first-order chi connectivity index (χ1) is 15.2. The van der Waals surface area contributed by atoms with Crippen molar-refractivity contribution >= 4 is 21.8 Å². The Morgan fingerprint density at radius 3 is 2.03 bits per heavy atom. The highest BCUT2D eigenvalue weighted by Crippen LogP contribution is 2.26. The first-order valence-electron chi connectivity index (χ1n) is 10.9. The van der Waals surface area contributed by atoms with Gasteiger partial charge in [-0.3, -0.25) is 9.59 Å². The molecule has 1 aliphatic rings. The minimum absolute atomic E-state index is 0.0379. The van der Waals surface area contributed by atoms with E-state index in [-0.39, 0.29) is 22.8 Å². The molecule has 2 amide bonds. The Kier molecular flexibility index (Phi) is 7.69. The molecule has 7 nitrogen and oxygen atoms in total. The maximum atomic E-state index is 13.0. The van der Waals surface area contributed by atoms with Crippen LogP contribution in [0, 0.1) is 0 Å². The molecule has 0 spiro atoms. The van der Waals surface area contributed by atoms with Crippen LogP contribution in [0.3, 0.4) is 0 Å². The van der Waals surface area contributed by atoms with E-state index in [0.29, 0.717) is 17.7 Å². The number of amides is 2.